The number of aryl methyl sites for hydroxylation is 1. The van der Waals surface area contributed by atoms with Gasteiger partial charge in [-0.3, -0.25) is 0 Å². The number of nitrogens with one attached hydrogen (secondary N) is 2. The molecule has 1 fully saturated rings. The van der Waals surface area contributed by atoms with Gasteiger partial charge in [-0.1, -0.05) is 19.1 Å². The maximum atomic E-state index is 5.99. The molecule has 1 aliphatic heterocycles. The molecule has 1 saturated heterocycles. The van der Waals surface area contributed by atoms with Crippen molar-refractivity contribution in [3.05, 3.63) is 29.3 Å². The maximum Gasteiger partial charge on any atom is 0.191 e. The number of aliphatic imine (C=N–C) groups is 1. The molecule has 2 rings (SSSR count). The van der Waals surface area contributed by atoms with E-state index in [-0.39, 0.29) is 0 Å². The van der Waals surface area contributed by atoms with Crippen molar-refractivity contribution in [2.45, 2.75) is 46.6 Å². The molecular formula is C23H40N4O2. The Hall–Kier alpha value is -1.79. The van der Waals surface area contributed by atoms with E-state index in [4.69, 9.17) is 14.5 Å². The zero-order chi connectivity index (χ0) is 20.9. The Labute approximate surface area is 177 Å². The monoisotopic (exact) mass is 404 g/mol. The summed E-state index contributed by atoms with van der Waals surface area (Å²) < 4.78 is 11.1. The zero-order valence-electron chi connectivity index (χ0n) is 18.8. The Bertz CT molecular complexity index is 615. The average molecular weight is 405 g/mol. The third-order valence-corrected chi connectivity index (χ3v) is 5.11. The molecule has 1 unspecified atom stereocenters. The summed E-state index contributed by atoms with van der Waals surface area (Å²) in [6, 6.07) is 6.32. The predicted molar refractivity (Wildman–Crippen MR) is 121 cm³/mol. The van der Waals surface area contributed by atoms with Gasteiger partial charge in [-0.25, -0.2) is 4.99 Å². The van der Waals surface area contributed by atoms with Gasteiger partial charge in [0, 0.05) is 45.3 Å². The molecule has 0 aromatic heterocycles. The van der Waals surface area contributed by atoms with E-state index < -0.39 is 0 Å². The molecule has 0 radical (unpaired) electrons. The van der Waals surface area contributed by atoms with E-state index in [0.29, 0.717) is 25.7 Å². The lowest BCUT2D eigenvalue weighted by Crippen LogP contribution is -2.41. The first-order chi connectivity index (χ1) is 14.1. The fourth-order valence-corrected chi connectivity index (χ4v) is 3.56. The zero-order valence-corrected chi connectivity index (χ0v) is 18.8. The summed E-state index contributed by atoms with van der Waals surface area (Å²) in [7, 11) is 1.72. The second-order valence-corrected chi connectivity index (χ2v) is 7.99. The molecule has 1 atom stereocenters. The quantitative estimate of drug-likeness (QED) is 0.318. The van der Waals surface area contributed by atoms with E-state index in [1.165, 1.54) is 31.5 Å². The SMILES string of the molecule is CCNC(=NCc1ccc(C)cc1OCCCOC)NCC(C)CN1CCCC1. The molecule has 6 heteroatoms. The van der Waals surface area contributed by atoms with Gasteiger partial charge in [-0.2, -0.15) is 0 Å². The molecule has 6 nitrogen and oxygen atoms in total. The first-order valence-electron chi connectivity index (χ1n) is 11.1. The third-order valence-electron chi connectivity index (χ3n) is 5.11. The van der Waals surface area contributed by atoms with Crippen LogP contribution in [0.2, 0.25) is 0 Å². The maximum absolute atomic E-state index is 5.99. The molecule has 0 aliphatic carbocycles. The van der Waals surface area contributed by atoms with Gasteiger partial charge in [0.15, 0.2) is 5.96 Å². The van der Waals surface area contributed by atoms with Crippen LogP contribution in [0.15, 0.2) is 23.2 Å². The largest absolute Gasteiger partial charge is 0.493 e. The normalized spacial score (nSPS) is 16.1. The van der Waals surface area contributed by atoms with Crippen molar-refractivity contribution < 1.29 is 9.47 Å². The van der Waals surface area contributed by atoms with E-state index in [2.05, 4.69) is 54.5 Å². The summed E-state index contributed by atoms with van der Waals surface area (Å²) in [5, 5.41) is 6.87. The Morgan fingerprint density at radius 3 is 2.72 bits per heavy atom. The number of hydrogen-bond acceptors (Lipinski definition) is 4. The van der Waals surface area contributed by atoms with Crippen molar-refractivity contribution in [3.8, 4) is 5.75 Å². The van der Waals surface area contributed by atoms with Crippen LogP contribution in [-0.4, -0.2) is 63.9 Å². The van der Waals surface area contributed by atoms with Gasteiger partial charge in [0.05, 0.1) is 13.2 Å². The van der Waals surface area contributed by atoms with E-state index in [0.717, 1.165) is 43.3 Å². The highest BCUT2D eigenvalue weighted by Gasteiger charge is 2.14. The number of methoxy groups -OCH3 is 1. The second kappa shape index (κ2) is 13.4. The van der Waals surface area contributed by atoms with Crippen LogP contribution in [0.4, 0.5) is 0 Å². The summed E-state index contributed by atoms with van der Waals surface area (Å²) in [5.74, 6) is 2.38. The van der Waals surface area contributed by atoms with Crippen LogP contribution in [-0.2, 0) is 11.3 Å². The Kier molecular flexibility index (Phi) is 10.9. The van der Waals surface area contributed by atoms with Crippen LogP contribution < -0.4 is 15.4 Å². The van der Waals surface area contributed by atoms with Crippen molar-refractivity contribution in [1.82, 2.24) is 15.5 Å². The minimum Gasteiger partial charge on any atom is -0.493 e. The van der Waals surface area contributed by atoms with Crippen LogP contribution in [0, 0.1) is 12.8 Å². The molecule has 29 heavy (non-hydrogen) atoms. The van der Waals surface area contributed by atoms with Crippen molar-refractivity contribution in [1.29, 1.82) is 0 Å². The van der Waals surface area contributed by atoms with Gasteiger partial charge in [0.1, 0.15) is 5.75 Å². The molecule has 0 amide bonds. The summed E-state index contributed by atoms with van der Waals surface area (Å²) in [5.41, 5.74) is 2.30. The van der Waals surface area contributed by atoms with Gasteiger partial charge >= 0.3 is 0 Å². The fraction of sp³-hybridized carbons (Fsp3) is 0.696. The molecule has 1 heterocycles. The highest BCUT2D eigenvalue weighted by Crippen LogP contribution is 2.21. The fourth-order valence-electron chi connectivity index (χ4n) is 3.56. The number of benzene rings is 1. The summed E-state index contributed by atoms with van der Waals surface area (Å²) in [6.07, 6.45) is 3.57. The molecule has 0 saturated carbocycles. The van der Waals surface area contributed by atoms with E-state index in [9.17, 15) is 0 Å². The summed E-state index contributed by atoms with van der Waals surface area (Å²) >= 11 is 0. The van der Waals surface area contributed by atoms with Crippen LogP contribution in [0.25, 0.3) is 0 Å². The number of ether oxygens (including phenoxy) is 2. The molecule has 164 valence electrons. The molecule has 0 spiro atoms. The highest BCUT2D eigenvalue weighted by molar-refractivity contribution is 5.79. The van der Waals surface area contributed by atoms with Crippen molar-refractivity contribution >= 4 is 5.96 Å². The van der Waals surface area contributed by atoms with Gasteiger partial charge in [0.2, 0.25) is 0 Å². The third kappa shape index (κ3) is 9.05. The predicted octanol–water partition coefficient (Wildman–Crippen LogP) is 3.20. The Morgan fingerprint density at radius 2 is 2.00 bits per heavy atom. The van der Waals surface area contributed by atoms with Gasteiger partial charge in [-0.05, 0) is 57.3 Å². The van der Waals surface area contributed by atoms with Crippen LogP contribution in [0.1, 0.15) is 44.2 Å². The van der Waals surface area contributed by atoms with Crippen molar-refractivity contribution in [2.75, 3.05) is 53.0 Å². The number of guanidine groups is 1. The van der Waals surface area contributed by atoms with E-state index >= 15 is 0 Å². The number of rotatable bonds is 12. The molecular weight excluding hydrogens is 364 g/mol. The lowest BCUT2D eigenvalue weighted by Gasteiger charge is -2.21. The molecule has 1 aliphatic rings. The van der Waals surface area contributed by atoms with Crippen molar-refractivity contribution in [2.24, 2.45) is 10.9 Å². The van der Waals surface area contributed by atoms with Gasteiger partial charge in [0.25, 0.3) is 0 Å². The topological polar surface area (TPSA) is 58.1 Å². The lowest BCUT2D eigenvalue weighted by atomic mass is 10.1. The van der Waals surface area contributed by atoms with E-state index in [1.54, 1.807) is 7.11 Å². The summed E-state index contributed by atoms with van der Waals surface area (Å²) in [6.45, 7) is 13.9. The number of likely N-dealkylation sites (tertiary alicyclic amines) is 1. The van der Waals surface area contributed by atoms with Crippen LogP contribution >= 0.6 is 0 Å². The molecule has 2 N–H and O–H groups in total. The number of nitrogens with zero attached hydrogens (tertiary/aromatic N) is 2. The second-order valence-electron chi connectivity index (χ2n) is 7.99. The average Bonchev–Trinajstić information content (AvgIpc) is 3.21. The Morgan fingerprint density at radius 1 is 1.21 bits per heavy atom. The van der Waals surface area contributed by atoms with Crippen LogP contribution in [0.5, 0.6) is 5.75 Å². The molecule has 0 bridgehead atoms. The highest BCUT2D eigenvalue weighted by atomic mass is 16.5. The standard InChI is InChI=1S/C23H40N4O2/c1-5-24-23(25-16-20(3)18-27-11-6-7-12-27)26-17-21-10-9-19(2)15-22(21)29-14-8-13-28-4/h9-10,15,20H,5-8,11-14,16-18H2,1-4H3,(H2,24,25,26). The van der Waals surface area contributed by atoms with Gasteiger partial charge in [-0.15, -0.1) is 0 Å². The molecule has 1 aromatic carbocycles. The van der Waals surface area contributed by atoms with Crippen LogP contribution in [0.3, 0.4) is 0 Å². The van der Waals surface area contributed by atoms with E-state index in [1.807, 2.05) is 0 Å². The number of hydrogen-bond donors (Lipinski definition) is 2. The van der Waals surface area contributed by atoms with Gasteiger partial charge < -0.3 is 25.0 Å². The summed E-state index contributed by atoms with van der Waals surface area (Å²) in [4.78, 5) is 7.36. The lowest BCUT2D eigenvalue weighted by molar-refractivity contribution is 0.172. The Balaban J connectivity index is 1.90. The first kappa shape index (κ1) is 23.5. The van der Waals surface area contributed by atoms with Crippen molar-refractivity contribution in [3.63, 3.8) is 0 Å². The smallest absolute Gasteiger partial charge is 0.191 e. The minimum absolute atomic E-state index is 0.593. The first-order valence-corrected chi connectivity index (χ1v) is 11.1. The molecule has 1 aromatic rings. The minimum atomic E-state index is 0.593.